The number of thioether (sulfide) groups is 1. The lowest BCUT2D eigenvalue weighted by Crippen LogP contribution is -2.33. The molecule has 2 heterocycles. The Morgan fingerprint density at radius 2 is 1.97 bits per heavy atom. The molecule has 0 radical (unpaired) electrons. The van der Waals surface area contributed by atoms with Crippen LogP contribution in [0.4, 0.5) is 4.39 Å². The van der Waals surface area contributed by atoms with Crippen molar-refractivity contribution >= 4 is 28.6 Å². The Morgan fingerprint density at radius 1 is 1.18 bits per heavy atom. The highest BCUT2D eigenvalue weighted by Crippen LogP contribution is 2.31. The second-order valence-corrected chi connectivity index (χ2v) is 9.01. The number of hydrogen-bond acceptors (Lipinski definition) is 5. The molecule has 0 saturated heterocycles. The van der Waals surface area contributed by atoms with Crippen molar-refractivity contribution in [2.45, 2.75) is 24.5 Å². The number of nitrogens with zero attached hydrogens (tertiary/aromatic N) is 2. The highest BCUT2D eigenvalue weighted by atomic mass is 32.2. The van der Waals surface area contributed by atoms with E-state index in [4.69, 9.17) is 4.74 Å². The number of aryl methyl sites for hydroxylation is 1. The zero-order valence-electron chi connectivity index (χ0n) is 18.5. The largest absolute Gasteiger partial charge is 0.493 e. The molecule has 0 bridgehead atoms. The van der Waals surface area contributed by atoms with Crippen molar-refractivity contribution in [3.05, 3.63) is 94.0 Å². The van der Waals surface area contributed by atoms with Crippen LogP contribution in [0.5, 0.6) is 5.75 Å². The molecule has 4 aromatic rings. The van der Waals surface area contributed by atoms with E-state index in [2.05, 4.69) is 10.3 Å². The molecule has 1 N–H and O–H groups in total. The fourth-order valence-corrected chi connectivity index (χ4v) is 4.84. The Hall–Kier alpha value is -3.65. The summed E-state index contributed by atoms with van der Waals surface area (Å²) in [5.41, 5.74) is 2.01. The van der Waals surface area contributed by atoms with Gasteiger partial charge in [-0.25, -0.2) is 9.37 Å². The Bertz CT molecular complexity index is 1450. The predicted octanol–water partition coefficient (Wildman–Crippen LogP) is 4.57. The number of amides is 1. The third-order valence-electron chi connectivity index (χ3n) is 5.78. The molecule has 1 aliphatic heterocycles. The van der Waals surface area contributed by atoms with Gasteiger partial charge in [0.2, 0.25) is 5.91 Å². The normalized spacial score (nSPS) is 14.9. The molecule has 3 aromatic carbocycles. The molecule has 0 spiro atoms. The van der Waals surface area contributed by atoms with E-state index in [9.17, 15) is 14.0 Å². The quantitative estimate of drug-likeness (QED) is 0.338. The summed E-state index contributed by atoms with van der Waals surface area (Å²) >= 11 is 1.15. The van der Waals surface area contributed by atoms with Gasteiger partial charge in [0, 0.05) is 12.0 Å². The molecule has 1 amide bonds. The maximum Gasteiger partial charge on any atom is 0.266 e. The second kappa shape index (κ2) is 9.30. The molecule has 34 heavy (non-hydrogen) atoms. The van der Waals surface area contributed by atoms with E-state index in [1.54, 1.807) is 43.3 Å². The zero-order chi connectivity index (χ0) is 23.7. The van der Waals surface area contributed by atoms with Gasteiger partial charge in [-0.1, -0.05) is 48.2 Å². The fraction of sp³-hybridized carbons (Fsp3) is 0.192. The standard InChI is InChI=1S/C26H22FN3O3S/c1-16-10-11-17(14-20(16)27)30-25(32)19-7-2-4-8-21(19)29-26(30)34-15-24(31)28-22-12-13-33-23-9-5-3-6-18(22)23/h2-11,14,22H,12-13,15H2,1H3,(H,28,31). The van der Waals surface area contributed by atoms with Crippen LogP contribution in [0.1, 0.15) is 23.6 Å². The van der Waals surface area contributed by atoms with E-state index < -0.39 is 5.82 Å². The number of fused-ring (bicyclic) bond motifs is 2. The molecule has 6 nitrogen and oxygen atoms in total. The number of para-hydroxylation sites is 2. The predicted molar refractivity (Wildman–Crippen MR) is 130 cm³/mol. The number of carbonyl (C=O) groups excluding carboxylic acids is 1. The molecule has 1 atom stereocenters. The monoisotopic (exact) mass is 475 g/mol. The molecule has 0 fully saturated rings. The van der Waals surface area contributed by atoms with Gasteiger partial charge in [-0.2, -0.15) is 0 Å². The molecule has 0 saturated carbocycles. The minimum Gasteiger partial charge on any atom is -0.493 e. The number of aromatic nitrogens is 2. The number of carbonyl (C=O) groups is 1. The van der Waals surface area contributed by atoms with Gasteiger partial charge < -0.3 is 10.1 Å². The molecule has 1 aromatic heterocycles. The average Bonchev–Trinajstić information content (AvgIpc) is 2.85. The van der Waals surface area contributed by atoms with Crippen LogP contribution in [0.25, 0.3) is 16.6 Å². The lowest BCUT2D eigenvalue weighted by Gasteiger charge is -2.26. The molecule has 0 aliphatic carbocycles. The van der Waals surface area contributed by atoms with Gasteiger partial charge in [-0.05, 0) is 42.8 Å². The van der Waals surface area contributed by atoms with Crippen molar-refractivity contribution in [2.24, 2.45) is 0 Å². The van der Waals surface area contributed by atoms with Gasteiger partial charge in [0.1, 0.15) is 11.6 Å². The number of benzene rings is 3. The van der Waals surface area contributed by atoms with E-state index in [1.165, 1.54) is 10.6 Å². The zero-order valence-corrected chi connectivity index (χ0v) is 19.3. The van der Waals surface area contributed by atoms with Crippen LogP contribution in [0.2, 0.25) is 0 Å². The number of ether oxygens (including phenoxy) is 1. The van der Waals surface area contributed by atoms with Crippen molar-refractivity contribution in [3.8, 4) is 11.4 Å². The Kier molecular flexibility index (Phi) is 6.06. The summed E-state index contributed by atoms with van der Waals surface area (Å²) in [6.07, 6.45) is 0.676. The smallest absolute Gasteiger partial charge is 0.266 e. The molecule has 1 unspecified atom stereocenters. The highest BCUT2D eigenvalue weighted by molar-refractivity contribution is 7.99. The van der Waals surface area contributed by atoms with Crippen molar-refractivity contribution in [1.82, 2.24) is 14.9 Å². The first-order valence-electron chi connectivity index (χ1n) is 10.9. The van der Waals surface area contributed by atoms with Crippen LogP contribution in [0.15, 0.2) is 76.7 Å². The van der Waals surface area contributed by atoms with Gasteiger partial charge in [0.25, 0.3) is 5.56 Å². The van der Waals surface area contributed by atoms with Crippen LogP contribution >= 0.6 is 11.8 Å². The van der Waals surface area contributed by atoms with Gasteiger partial charge in [0.05, 0.1) is 35.0 Å². The van der Waals surface area contributed by atoms with E-state index in [0.29, 0.717) is 40.3 Å². The lowest BCUT2D eigenvalue weighted by molar-refractivity contribution is -0.119. The maximum absolute atomic E-state index is 14.3. The third kappa shape index (κ3) is 4.28. The van der Waals surface area contributed by atoms with Crippen molar-refractivity contribution < 1.29 is 13.9 Å². The summed E-state index contributed by atoms with van der Waals surface area (Å²) in [7, 11) is 0. The summed E-state index contributed by atoms with van der Waals surface area (Å²) in [5.74, 6) is 0.233. The van der Waals surface area contributed by atoms with Crippen molar-refractivity contribution in [1.29, 1.82) is 0 Å². The number of hydrogen-bond donors (Lipinski definition) is 1. The molecule has 172 valence electrons. The third-order valence-corrected chi connectivity index (χ3v) is 6.72. The van der Waals surface area contributed by atoms with Crippen LogP contribution < -0.4 is 15.6 Å². The van der Waals surface area contributed by atoms with Crippen molar-refractivity contribution in [3.63, 3.8) is 0 Å². The summed E-state index contributed by atoms with van der Waals surface area (Å²) in [6, 6.07) is 19.1. The number of rotatable bonds is 5. The first-order valence-corrected chi connectivity index (χ1v) is 11.9. The summed E-state index contributed by atoms with van der Waals surface area (Å²) in [6.45, 7) is 2.19. The molecule has 8 heteroatoms. The fourth-order valence-electron chi connectivity index (χ4n) is 4.02. The van der Waals surface area contributed by atoms with Gasteiger partial charge >= 0.3 is 0 Å². The molecule has 1 aliphatic rings. The summed E-state index contributed by atoms with van der Waals surface area (Å²) < 4.78 is 21.4. The van der Waals surface area contributed by atoms with Crippen LogP contribution in [0, 0.1) is 12.7 Å². The number of halogens is 1. The minimum atomic E-state index is -0.413. The molecular formula is C26H22FN3O3S. The Balaban J connectivity index is 1.44. The first kappa shape index (κ1) is 22.2. The summed E-state index contributed by atoms with van der Waals surface area (Å²) in [5, 5.41) is 3.81. The molecule has 5 rings (SSSR count). The van der Waals surface area contributed by atoms with E-state index in [0.717, 1.165) is 23.1 Å². The number of nitrogens with one attached hydrogen (secondary N) is 1. The first-order chi connectivity index (χ1) is 16.5. The van der Waals surface area contributed by atoms with Crippen molar-refractivity contribution in [2.75, 3.05) is 12.4 Å². The van der Waals surface area contributed by atoms with Crippen LogP contribution in [-0.2, 0) is 4.79 Å². The topological polar surface area (TPSA) is 73.2 Å². The van der Waals surface area contributed by atoms with E-state index in [-0.39, 0.29) is 23.3 Å². The van der Waals surface area contributed by atoms with E-state index >= 15 is 0 Å². The molecular weight excluding hydrogens is 453 g/mol. The second-order valence-electron chi connectivity index (χ2n) is 8.07. The van der Waals surface area contributed by atoms with Crippen LogP contribution in [-0.4, -0.2) is 27.8 Å². The lowest BCUT2D eigenvalue weighted by atomic mass is 10.0. The van der Waals surface area contributed by atoms with Gasteiger partial charge in [-0.3, -0.25) is 14.2 Å². The minimum absolute atomic E-state index is 0.0542. The highest BCUT2D eigenvalue weighted by Gasteiger charge is 2.23. The SMILES string of the molecule is Cc1ccc(-n2c(SCC(=O)NC3CCOc4ccccc43)nc3ccccc3c2=O)cc1F. The van der Waals surface area contributed by atoms with Gasteiger partial charge in [-0.15, -0.1) is 0 Å². The average molecular weight is 476 g/mol. The van der Waals surface area contributed by atoms with E-state index in [1.807, 2.05) is 24.3 Å². The maximum atomic E-state index is 14.3. The van der Waals surface area contributed by atoms with Gasteiger partial charge in [0.15, 0.2) is 5.16 Å². The Labute approximate surface area is 199 Å². The summed E-state index contributed by atoms with van der Waals surface area (Å²) in [4.78, 5) is 30.8. The Morgan fingerprint density at radius 3 is 2.82 bits per heavy atom. The van der Waals surface area contributed by atoms with Crippen LogP contribution in [0.3, 0.4) is 0 Å².